The molecule has 0 radical (unpaired) electrons. The van der Waals surface area contributed by atoms with Crippen molar-refractivity contribution in [2.75, 3.05) is 26.2 Å². The van der Waals surface area contributed by atoms with Crippen molar-refractivity contribution in [3.05, 3.63) is 0 Å². The normalized spacial score (nSPS) is 9.80. The van der Waals surface area contributed by atoms with Gasteiger partial charge < -0.3 is 15.3 Å². The van der Waals surface area contributed by atoms with Crippen molar-refractivity contribution in [2.45, 2.75) is 26.7 Å². The molecule has 0 aliphatic carbocycles. The molecule has 0 aromatic rings. The second-order valence-electron chi connectivity index (χ2n) is 3.19. The van der Waals surface area contributed by atoms with Crippen molar-refractivity contribution < 1.29 is 14.7 Å². The lowest BCUT2D eigenvalue weighted by atomic mass is 10.3. The highest BCUT2D eigenvalue weighted by molar-refractivity contribution is 5.84. The number of likely N-dealkylation sites (N-methyl/N-ethyl adjacent to an activating group) is 2. The molecule has 0 fully saturated rings. The predicted octanol–water partition coefficient (Wildman–Crippen LogP) is -0.257. The molecule has 2 N–H and O–H groups in total. The van der Waals surface area contributed by atoms with E-state index in [-0.39, 0.29) is 25.0 Å². The number of amides is 2. The number of nitrogens with one attached hydrogen (secondary N) is 1. The molecule has 0 aromatic heterocycles. The highest BCUT2D eigenvalue weighted by Gasteiger charge is 2.14. The quantitative estimate of drug-likeness (QED) is 0.616. The Hall–Kier alpha value is -1.10. The molecule has 5 nitrogen and oxygen atoms in total. The molecular weight excluding hydrogens is 196 g/mol. The molecule has 88 valence electrons. The third-order valence-electron chi connectivity index (χ3n) is 1.99. The van der Waals surface area contributed by atoms with Gasteiger partial charge in [0.15, 0.2) is 0 Å². The van der Waals surface area contributed by atoms with Crippen LogP contribution in [0.5, 0.6) is 0 Å². The van der Waals surface area contributed by atoms with E-state index in [2.05, 4.69) is 5.32 Å². The lowest BCUT2D eigenvalue weighted by Gasteiger charge is -2.19. The molecule has 0 atom stereocenters. The van der Waals surface area contributed by atoms with Gasteiger partial charge in [-0.15, -0.1) is 0 Å². The minimum absolute atomic E-state index is 0.00442. The Bertz CT molecular complexity index is 207. The van der Waals surface area contributed by atoms with E-state index in [9.17, 15) is 9.59 Å². The van der Waals surface area contributed by atoms with Crippen LogP contribution in [0.1, 0.15) is 26.7 Å². The van der Waals surface area contributed by atoms with Crippen molar-refractivity contribution in [3.63, 3.8) is 0 Å². The van der Waals surface area contributed by atoms with Gasteiger partial charge in [-0.2, -0.15) is 0 Å². The maximum atomic E-state index is 11.5. The van der Waals surface area contributed by atoms with Crippen LogP contribution in [0.4, 0.5) is 0 Å². The average molecular weight is 216 g/mol. The van der Waals surface area contributed by atoms with E-state index >= 15 is 0 Å². The lowest BCUT2D eigenvalue weighted by Crippen LogP contribution is -2.40. The summed E-state index contributed by atoms with van der Waals surface area (Å²) in [5, 5.41) is 11.2. The Balaban J connectivity index is 4.00. The van der Waals surface area contributed by atoms with E-state index in [1.165, 1.54) is 4.90 Å². The molecule has 0 rings (SSSR count). The first kappa shape index (κ1) is 13.9. The maximum absolute atomic E-state index is 11.5. The molecule has 0 bridgehead atoms. The van der Waals surface area contributed by atoms with Gasteiger partial charge in [-0.3, -0.25) is 9.59 Å². The summed E-state index contributed by atoms with van der Waals surface area (Å²) in [5.74, 6) is -0.227. The van der Waals surface area contributed by atoms with Crippen LogP contribution in [0.25, 0.3) is 0 Å². The molecule has 0 aromatic carbocycles. The van der Waals surface area contributed by atoms with E-state index < -0.39 is 0 Å². The second kappa shape index (κ2) is 8.23. The molecule has 2 amide bonds. The number of aliphatic hydroxyl groups is 1. The Morgan fingerprint density at radius 2 is 2.00 bits per heavy atom. The van der Waals surface area contributed by atoms with Crippen LogP contribution in [0.2, 0.25) is 0 Å². The van der Waals surface area contributed by atoms with Gasteiger partial charge in [0.05, 0.1) is 6.54 Å². The van der Waals surface area contributed by atoms with Gasteiger partial charge in [-0.25, -0.2) is 0 Å². The number of rotatable bonds is 7. The lowest BCUT2D eigenvalue weighted by molar-refractivity contribution is -0.136. The monoisotopic (exact) mass is 216 g/mol. The number of carbonyl (C=O) groups excluding carboxylic acids is 2. The Labute approximate surface area is 90.5 Å². The molecule has 0 saturated carbocycles. The average Bonchev–Trinajstić information content (AvgIpc) is 2.22. The molecule has 0 spiro atoms. The summed E-state index contributed by atoms with van der Waals surface area (Å²) < 4.78 is 0. The van der Waals surface area contributed by atoms with Gasteiger partial charge in [0.2, 0.25) is 11.8 Å². The predicted molar refractivity (Wildman–Crippen MR) is 57.3 cm³/mol. The first-order valence-corrected chi connectivity index (χ1v) is 5.31. The molecule has 0 unspecified atom stereocenters. The molecular formula is C10H20N2O3. The number of nitrogens with zero attached hydrogens (tertiary/aromatic N) is 1. The topological polar surface area (TPSA) is 69.6 Å². The van der Waals surface area contributed by atoms with E-state index in [1.807, 2.05) is 13.8 Å². The fraction of sp³-hybridized carbons (Fsp3) is 0.800. The summed E-state index contributed by atoms with van der Waals surface area (Å²) in [4.78, 5) is 24.2. The molecule has 0 heterocycles. The fourth-order valence-corrected chi connectivity index (χ4v) is 1.19. The third kappa shape index (κ3) is 6.06. The number of hydrogen-bond donors (Lipinski definition) is 2. The van der Waals surface area contributed by atoms with Gasteiger partial charge in [-0.1, -0.05) is 0 Å². The van der Waals surface area contributed by atoms with E-state index in [1.54, 1.807) is 0 Å². The summed E-state index contributed by atoms with van der Waals surface area (Å²) >= 11 is 0. The van der Waals surface area contributed by atoms with Gasteiger partial charge in [0, 0.05) is 26.1 Å². The first-order valence-electron chi connectivity index (χ1n) is 5.31. The standard InChI is InChI=1S/C10H20N2O3/c1-3-11-9(14)8-12(4-2)10(15)6-5-7-13/h13H,3-8H2,1-2H3,(H,11,14). The smallest absolute Gasteiger partial charge is 0.239 e. The number of carbonyl (C=O) groups is 2. The van der Waals surface area contributed by atoms with Crippen LogP contribution in [-0.4, -0.2) is 48.1 Å². The number of hydrogen-bond acceptors (Lipinski definition) is 3. The molecule has 0 saturated heterocycles. The van der Waals surface area contributed by atoms with Gasteiger partial charge >= 0.3 is 0 Å². The minimum Gasteiger partial charge on any atom is -0.396 e. The van der Waals surface area contributed by atoms with Gasteiger partial charge in [0.1, 0.15) is 0 Å². The van der Waals surface area contributed by atoms with E-state index in [0.29, 0.717) is 25.9 Å². The molecule has 15 heavy (non-hydrogen) atoms. The third-order valence-corrected chi connectivity index (χ3v) is 1.99. The van der Waals surface area contributed by atoms with Crippen LogP contribution in [0.3, 0.4) is 0 Å². The van der Waals surface area contributed by atoms with Crippen molar-refractivity contribution >= 4 is 11.8 Å². The Morgan fingerprint density at radius 3 is 2.47 bits per heavy atom. The largest absolute Gasteiger partial charge is 0.396 e. The molecule has 5 heteroatoms. The summed E-state index contributed by atoms with van der Waals surface area (Å²) in [6.07, 6.45) is 0.745. The molecule has 0 aliphatic rings. The highest BCUT2D eigenvalue weighted by atomic mass is 16.3. The zero-order valence-electron chi connectivity index (χ0n) is 9.45. The second-order valence-corrected chi connectivity index (χ2v) is 3.19. The van der Waals surface area contributed by atoms with Crippen LogP contribution >= 0.6 is 0 Å². The van der Waals surface area contributed by atoms with Crippen LogP contribution in [0.15, 0.2) is 0 Å². The SMILES string of the molecule is CCNC(=O)CN(CC)C(=O)CCCO. The molecule has 0 aliphatic heterocycles. The van der Waals surface area contributed by atoms with E-state index in [4.69, 9.17) is 5.11 Å². The van der Waals surface area contributed by atoms with Crippen LogP contribution in [0, 0.1) is 0 Å². The highest BCUT2D eigenvalue weighted by Crippen LogP contribution is 1.97. The first-order chi connectivity index (χ1) is 7.15. The van der Waals surface area contributed by atoms with E-state index in [0.717, 1.165) is 0 Å². The van der Waals surface area contributed by atoms with Gasteiger partial charge in [0.25, 0.3) is 0 Å². The van der Waals surface area contributed by atoms with Crippen molar-refractivity contribution in [1.82, 2.24) is 10.2 Å². The Kier molecular flexibility index (Phi) is 7.62. The zero-order valence-corrected chi connectivity index (χ0v) is 9.45. The van der Waals surface area contributed by atoms with Crippen molar-refractivity contribution in [2.24, 2.45) is 0 Å². The van der Waals surface area contributed by atoms with Crippen molar-refractivity contribution in [3.8, 4) is 0 Å². The zero-order chi connectivity index (χ0) is 11.7. The fourth-order valence-electron chi connectivity index (χ4n) is 1.19. The summed E-state index contributed by atoms with van der Waals surface area (Å²) in [5.41, 5.74) is 0. The summed E-state index contributed by atoms with van der Waals surface area (Å²) in [6, 6.07) is 0. The maximum Gasteiger partial charge on any atom is 0.239 e. The van der Waals surface area contributed by atoms with Crippen LogP contribution < -0.4 is 5.32 Å². The minimum atomic E-state index is -0.142. The Morgan fingerprint density at radius 1 is 1.33 bits per heavy atom. The van der Waals surface area contributed by atoms with Crippen molar-refractivity contribution in [1.29, 1.82) is 0 Å². The summed E-state index contributed by atoms with van der Waals surface area (Å²) in [6.45, 7) is 4.86. The number of aliphatic hydroxyl groups excluding tert-OH is 1. The van der Waals surface area contributed by atoms with Crippen LogP contribution in [-0.2, 0) is 9.59 Å². The summed E-state index contributed by atoms with van der Waals surface area (Å²) in [7, 11) is 0. The van der Waals surface area contributed by atoms with Gasteiger partial charge in [-0.05, 0) is 20.3 Å².